The maximum Gasteiger partial charge on any atom is 0.227 e. The summed E-state index contributed by atoms with van der Waals surface area (Å²) in [7, 11) is 0. The Kier molecular flexibility index (Phi) is 7.42. The minimum atomic E-state index is -0.361. The largest absolute Gasteiger partial charge is 0.342 e. The highest BCUT2D eigenvalue weighted by atomic mass is 16.2. The van der Waals surface area contributed by atoms with Crippen LogP contribution in [0.2, 0.25) is 0 Å². The van der Waals surface area contributed by atoms with Gasteiger partial charge in [0.25, 0.3) is 0 Å². The van der Waals surface area contributed by atoms with Crippen molar-refractivity contribution >= 4 is 17.5 Å². The quantitative estimate of drug-likeness (QED) is 0.826. The van der Waals surface area contributed by atoms with Crippen molar-refractivity contribution in [3.8, 4) is 0 Å². The molecule has 0 aliphatic carbocycles. The van der Waals surface area contributed by atoms with E-state index in [1.54, 1.807) is 0 Å². The predicted octanol–water partition coefficient (Wildman–Crippen LogP) is 3.75. The van der Waals surface area contributed by atoms with Crippen LogP contribution in [0.4, 0.5) is 5.69 Å². The van der Waals surface area contributed by atoms with Gasteiger partial charge >= 0.3 is 0 Å². The standard InChI is InChI=1S/C22H35N3O2/c1-6-24(7-2)16-17-9-8-10-19(15-17)23-20(26)18-11-13-25(14-12-18)21(27)22(3,4)5/h8-10,15,18H,6-7,11-14,16H2,1-5H3,(H,23,26). The molecule has 1 heterocycles. The van der Waals surface area contributed by atoms with Crippen molar-refractivity contribution in [2.45, 2.75) is 54.0 Å². The first-order valence-corrected chi connectivity index (χ1v) is 10.2. The Balaban J connectivity index is 1.90. The third-order valence-corrected chi connectivity index (χ3v) is 5.29. The number of anilines is 1. The molecular weight excluding hydrogens is 338 g/mol. The van der Waals surface area contributed by atoms with Gasteiger partial charge in [0.1, 0.15) is 0 Å². The lowest BCUT2D eigenvalue weighted by Gasteiger charge is -2.35. The van der Waals surface area contributed by atoms with Gasteiger partial charge in [-0.05, 0) is 43.6 Å². The Morgan fingerprint density at radius 1 is 1.15 bits per heavy atom. The second-order valence-corrected chi connectivity index (χ2v) is 8.47. The van der Waals surface area contributed by atoms with E-state index in [4.69, 9.17) is 0 Å². The smallest absolute Gasteiger partial charge is 0.227 e. The van der Waals surface area contributed by atoms with Gasteiger partial charge < -0.3 is 10.2 Å². The topological polar surface area (TPSA) is 52.7 Å². The van der Waals surface area contributed by atoms with Gasteiger partial charge in [-0.2, -0.15) is 0 Å². The average molecular weight is 374 g/mol. The van der Waals surface area contributed by atoms with Crippen LogP contribution in [0.3, 0.4) is 0 Å². The fourth-order valence-corrected chi connectivity index (χ4v) is 3.52. The number of likely N-dealkylation sites (tertiary alicyclic amines) is 1. The number of carbonyl (C=O) groups excluding carboxylic acids is 2. The van der Waals surface area contributed by atoms with E-state index in [0.717, 1.165) is 38.2 Å². The zero-order valence-corrected chi connectivity index (χ0v) is 17.5. The Morgan fingerprint density at radius 3 is 2.33 bits per heavy atom. The summed E-state index contributed by atoms with van der Waals surface area (Å²) in [5, 5.41) is 3.07. The summed E-state index contributed by atoms with van der Waals surface area (Å²) >= 11 is 0. The number of carbonyl (C=O) groups is 2. The lowest BCUT2D eigenvalue weighted by atomic mass is 9.90. The van der Waals surface area contributed by atoms with Gasteiger partial charge in [-0.25, -0.2) is 0 Å². The van der Waals surface area contributed by atoms with E-state index >= 15 is 0 Å². The summed E-state index contributed by atoms with van der Waals surface area (Å²) < 4.78 is 0. The molecule has 2 rings (SSSR count). The van der Waals surface area contributed by atoms with Crippen LogP contribution in [0.25, 0.3) is 0 Å². The highest BCUT2D eigenvalue weighted by Crippen LogP contribution is 2.24. The maximum absolute atomic E-state index is 12.7. The van der Waals surface area contributed by atoms with Crippen molar-refractivity contribution in [1.29, 1.82) is 0 Å². The number of hydrogen-bond donors (Lipinski definition) is 1. The molecule has 0 aromatic heterocycles. The van der Waals surface area contributed by atoms with Gasteiger partial charge in [0.05, 0.1) is 0 Å². The molecule has 150 valence electrons. The summed E-state index contributed by atoms with van der Waals surface area (Å²) in [5.41, 5.74) is 1.71. The van der Waals surface area contributed by atoms with Crippen molar-refractivity contribution in [3.63, 3.8) is 0 Å². The van der Waals surface area contributed by atoms with Crippen LogP contribution >= 0.6 is 0 Å². The summed E-state index contributed by atoms with van der Waals surface area (Å²) in [6, 6.07) is 8.11. The SMILES string of the molecule is CCN(CC)Cc1cccc(NC(=O)C2CCN(C(=O)C(C)(C)C)CC2)c1. The zero-order chi connectivity index (χ0) is 20.0. The highest BCUT2D eigenvalue weighted by Gasteiger charge is 2.32. The van der Waals surface area contributed by atoms with Crippen molar-refractivity contribution in [3.05, 3.63) is 29.8 Å². The fraction of sp³-hybridized carbons (Fsp3) is 0.636. The summed E-state index contributed by atoms with van der Waals surface area (Å²) in [5.74, 6) is 0.212. The summed E-state index contributed by atoms with van der Waals surface area (Å²) in [6.45, 7) is 14.4. The van der Waals surface area contributed by atoms with Gasteiger partial charge in [-0.1, -0.05) is 46.8 Å². The number of rotatable bonds is 6. The van der Waals surface area contributed by atoms with Crippen LogP contribution in [0.1, 0.15) is 53.0 Å². The van der Waals surface area contributed by atoms with Crippen molar-refractivity contribution in [2.75, 3.05) is 31.5 Å². The Morgan fingerprint density at radius 2 is 1.78 bits per heavy atom. The lowest BCUT2D eigenvalue weighted by Crippen LogP contribution is -2.45. The Bertz CT molecular complexity index is 639. The summed E-state index contributed by atoms with van der Waals surface area (Å²) in [6.07, 6.45) is 1.46. The second kappa shape index (κ2) is 9.36. The van der Waals surface area contributed by atoms with Crippen molar-refractivity contribution < 1.29 is 9.59 Å². The molecular formula is C22H35N3O2. The van der Waals surface area contributed by atoms with Crippen molar-refractivity contribution in [2.24, 2.45) is 11.3 Å². The molecule has 0 atom stereocenters. The van der Waals surface area contributed by atoms with E-state index in [9.17, 15) is 9.59 Å². The van der Waals surface area contributed by atoms with Crippen molar-refractivity contribution in [1.82, 2.24) is 9.80 Å². The number of piperidine rings is 1. The molecule has 1 aliphatic rings. The molecule has 2 amide bonds. The molecule has 1 N–H and O–H groups in total. The highest BCUT2D eigenvalue weighted by molar-refractivity contribution is 5.93. The van der Waals surface area contributed by atoms with Gasteiger partial charge in [0.2, 0.25) is 11.8 Å². The first kappa shape index (κ1) is 21.4. The van der Waals surface area contributed by atoms with Gasteiger partial charge in [0.15, 0.2) is 0 Å². The van der Waals surface area contributed by atoms with Crippen LogP contribution in [0, 0.1) is 11.3 Å². The average Bonchev–Trinajstić information content (AvgIpc) is 2.65. The first-order chi connectivity index (χ1) is 12.7. The summed E-state index contributed by atoms with van der Waals surface area (Å²) in [4.78, 5) is 29.3. The number of benzene rings is 1. The molecule has 0 bridgehead atoms. The molecule has 0 saturated carbocycles. The predicted molar refractivity (Wildman–Crippen MR) is 110 cm³/mol. The second-order valence-electron chi connectivity index (χ2n) is 8.47. The molecule has 1 fully saturated rings. The van der Waals surface area contributed by atoms with E-state index in [1.165, 1.54) is 5.56 Å². The lowest BCUT2D eigenvalue weighted by molar-refractivity contribution is -0.142. The number of amides is 2. The van der Waals surface area contributed by atoms with E-state index < -0.39 is 0 Å². The minimum Gasteiger partial charge on any atom is -0.342 e. The Labute approximate surface area is 164 Å². The van der Waals surface area contributed by atoms with E-state index in [2.05, 4.69) is 36.2 Å². The third kappa shape index (κ3) is 6.06. The van der Waals surface area contributed by atoms with Gasteiger partial charge in [-0.15, -0.1) is 0 Å². The molecule has 0 radical (unpaired) electrons. The maximum atomic E-state index is 12.7. The first-order valence-electron chi connectivity index (χ1n) is 10.2. The molecule has 0 spiro atoms. The fourth-order valence-electron chi connectivity index (χ4n) is 3.52. The van der Waals surface area contributed by atoms with Gasteiger partial charge in [0, 0.05) is 36.7 Å². The zero-order valence-electron chi connectivity index (χ0n) is 17.5. The van der Waals surface area contributed by atoms with E-state index in [0.29, 0.717) is 13.1 Å². The normalized spacial score (nSPS) is 15.9. The molecule has 5 nitrogen and oxygen atoms in total. The van der Waals surface area contributed by atoms with Gasteiger partial charge in [-0.3, -0.25) is 14.5 Å². The Hall–Kier alpha value is -1.88. The minimum absolute atomic E-state index is 0.0274. The molecule has 1 saturated heterocycles. The number of nitrogens with zero attached hydrogens (tertiary/aromatic N) is 2. The number of hydrogen-bond acceptors (Lipinski definition) is 3. The van der Waals surface area contributed by atoms with Crippen LogP contribution in [-0.2, 0) is 16.1 Å². The molecule has 1 aromatic carbocycles. The van der Waals surface area contributed by atoms with Crippen LogP contribution in [0.15, 0.2) is 24.3 Å². The molecule has 5 heteroatoms. The molecule has 1 aliphatic heterocycles. The van der Waals surface area contributed by atoms with E-state index in [1.807, 2.05) is 37.8 Å². The monoisotopic (exact) mass is 373 g/mol. The third-order valence-electron chi connectivity index (χ3n) is 5.29. The molecule has 27 heavy (non-hydrogen) atoms. The van der Waals surface area contributed by atoms with Crippen LogP contribution < -0.4 is 5.32 Å². The number of nitrogens with one attached hydrogen (secondary N) is 1. The molecule has 0 unspecified atom stereocenters. The van der Waals surface area contributed by atoms with Crippen LogP contribution in [-0.4, -0.2) is 47.8 Å². The van der Waals surface area contributed by atoms with Crippen LogP contribution in [0.5, 0.6) is 0 Å². The van der Waals surface area contributed by atoms with E-state index in [-0.39, 0.29) is 23.1 Å². The molecule has 1 aromatic rings.